The number of alkyl halides is 3. The van der Waals surface area contributed by atoms with Crippen molar-refractivity contribution in [3.63, 3.8) is 0 Å². The minimum atomic E-state index is -5.20. The average molecular weight is 207 g/mol. The summed E-state index contributed by atoms with van der Waals surface area (Å²) in [5.41, 5.74) is -0.449. The van der Waals surface area contributed by atoms with Crippen LogP contribution in [0, 0.1) is 0 Å². The highest BCUT2D eigenvalue weighted by Crippen LogP contribution is 2.23. The Bertz CT molecular complexity index is 322. The third kappa shape index (κ3) is 2.21. The minimum Gasteiger partial charge on any atom is -0.261 e. The molecule has 0 saturated carbocycles. The van der Waals surface area contributed by atoms with Gasteiger partial charge in [0.25, 0.3) is 0 Å². The fraction of sp³-hybridized carbons (Fsp3) is 0.125. The van der Waals surface area contributed by atoms with Crippen LogP contribution in [-0.4, -0.2) is 12.1 Å². The number of hydrogen-bond donors (Lipinski definition) is 0. The minimum absolute atomic E-state index is 0.449. The Morgan fingerprint density at radius 3 is 2.07 bits per heavy atom. The van der Waals surface area contributed by atoms with Gasteiger partial charge in [-0.15, -0.1) is 5.12 Å². The van der Waals surface area contributed by atoms with E-state index in [4.69, 9.17) is 0 Å². The zero-order valence-electron chi connectivity index (χ0n) is 6.75. The molecule has 0 unspecified atom stereocenters. The summed E-state index contributed by atoms with van der Waals surface area (Å²) in [6.07, 6.45) is -5.20. The molecule has 14 heavy (non-hydrogen) atoms. The second-order valence-corrected chi connectivity index (χ2v) is 2.42. The van der Waals surface area contributed by atoms with E-state index in [-0.39, 0.29) is 0 Å². The van der Waals surface area contributed by atoms with Gasteiger partial charge < -0.3 is 0 Å². The number of rotatable bonds is 1. The maximum Gasteiger partial charge on any atom is 0.474 e. The van der Waals surface area contributed by atoms with E-state index in [1.54, 1.807) is 0 Å². The van der Waals surface area contributed by atoms with Gasteiger partial charge in [0.15, 0.2) is 0 Å². The molecule has 76 valence electrons. The van der Waals surface area contributed by atoms with E-state index in [0.717, 1.165) is 12.1 Å². The van der Waals surface area contributed by atoms with Gasteiger partial charge in [0, 0.05) is 0 Å². The van der Waals surface area contributed by atoms with Crippen LogP contribution in [-0.2, 0) is 4.79 Å². The van der Waals surface area contributed by atoms with Crippen LogP contribution in [0.1, 0.15) is 0 Å². The molecule has 0 radical (unpaired) electrons. The number of amides is 1. The SMILES string of the molecule is O=C(N(F)c1ccccc1)C(F)(F)F. The molecular formula is C8H5F4NO. The molecule has 0 spiro atoms. The molecule has 1 amide bonds. The molecule has 0 bridgehead atoms. The van der Waals surface area contributed by atoms with Crippen molar-refractivity contribution in [1.29, 1.82) is 0 Å². The second-order valence-electron chi connectivity index (χ2n) is 2.42. The average Bonchev–Trinajstić information content (AvgIpc) is 2.15. The van der Waals surface area contributed by atoms with E-state index in [9.17, 15) is 22.4 Å². The van der Waals surface area contributed by atoms with Crippen molar-refractivity contribution in [2.24, 2.45) is 0 Å². The van der Waals surface area contributed by atoms with Crippen molar-refractivity contribution in [2.75, 3.05) is 5.12 Å². The Kier molecular flexibility index (Phi) is 2.73. The molecule has 1 aromatic carbocycles. The van der Waals surface area contributed by atoms with Gasteiger partial charge in [-0.25, -0.2) is 0 Å². The fourth-order valence-electron chi connectivity index (χ4n) is 0.787. The Balaban J connectivity index is 2.87. The van der Waals surface area contributed by atoms with Crippen LogP contribution >= 0.6 is 0 Å². The van der Waals surface area contributed by atoms with E-state index in [1.165, 1.54) is 18.2 Å². The summed E-state index contributed by atoms with van der Waals surface area (Å²) in [6.45, 7) is 0. The summed E-state index contributed by atoms with van der Waals surface area (Å²) >= 11 is 0. The van der Waals surface area contributed by atoms with E-state index in [2.05, 4.69) is 0 Å². The molecule has 0 atom stereocenters. The van der Waals surface area contributed by atoms with Gasteiger partial charge >= 0.3 is 12.1 Å². The molecule has 0 fully saturated rings. The highest BCUT2D eigenvalue weighted by atomic mass is 19.4. The topological polar surface area (TPSA) is 20.3 Å². The van der Waals surface area contributed by atoms with E-state index < -0.39 is 22.9 Å². The van der Waals surface area contributed by atoms with Crippen LogP contribution < -0.4 is 5.12 Å². The summed E-state index contributed by atoms with van der Waals surface area (Å²) in [4.78, 5) is 10.4. The fourth-order valence-corrected chi connectivity index (χ4v) is 0.787. The number of benzene rings is 1. The molecule has 0 aromatic heterocycles. The Morgan fingerprint density at radius 1 is 1.14 bits per heavy atom. The smallest absolute Gasteiger partial charge is 0.261 e. The Labute approximate surface area is 76.7 Å². The lowest BCUT2D eigenvalue weighted by molar-refractivity contribution is -0.173. The van der Waals surface area contributed by atoms with Crippen molar-refractivity contribution in [3.8, 4) is 0 Å². The summed E-state index contributed by atoms with van der Waals surface area (Å²) in [6, 6.07) is 6.26. The predicted molar refractivity (Wildman–Crippen MR) is 41.1 cm³/mol. The molecule has 0 N–H and O–H groups in total. The van der Waals surface area contributed by atoms with Gasteiger partial charge in [0.05, 0.1) is 5.69 Å². The predicted octanol–water partition coefficient (Wildman–Crippen LogP) is 2.47. The molecule has 6 heteroatoms. The van der Waals surface area contributed by atoms with Gasteiger partial charge in [-0.05, 0) is 12.1 Å². The number of nitrogens with zero attached hydrogens (tertiary/aromatic N) is 1. The van der Waals surface area contributed by atoms with Crippen LogP contribution in [0.3, 0.4) is 0 Å². The monoisotopic (exact) mass is 207 g/mol. The lowest BCUT2D eigenvalue weighted by atomic mass is 10.3. The van der Waals surface area contributed by atoms with Gasteiger partial charge in [0.2, 0.25) is 0 Å². The van der Waals surface area contributed by atoms with Crippen molar-refractivity contribution in [1.82, 2.24) is 0 Å². The molecule has 0 aliphatic carbocycles. The molecule has 0 heterocycles. The molecule has 2 nitrogen and oxygen atoms in total. The quantitative estimate of drug-likeness (QED) is 0.511. The van der Waals surface area contributed by atoms with Crippen molar-refractivity contribution >= 4 is 11.6 Å². The van der Waals surface area contributed by atoms with Gasteiger partial charge in [-0.2, -0.15) is 13.2 Å². The van der Waals surface area contributed by atoms with Crippen molar-refractivity contribution in [2.45, 2.75) is 6.18 Å². The number of hydrogen-bond acceptors (Lipinski definition) is 1. The summed E-state index contributed by atoms with van der Waals surface area (Å²) in [7, 11) is 0. The first kappa shape index (κ1) is 10.5. The maximum absolute atomic E-state index is 12.8. The number of carbonyl (C=O) groups is 1. The zero-order valence-corrected chi connectivity index (χ0v) is 6.75. The molecule has 0 aliphatic heterocycles. The van der Waals surface area contributed by atoms with Crippen LogP contribution in [0.25, 0.3) is 0 Å². The van der Waals surface area contributed by atoms with Crippen molar-refractivity contribution < 1.29 is 22.4 Å². The third-order valence-corrected chi connectivity index (χ3v) is 1.40. The van der Waals surface area contributed by atoms with E-state index >= 15 is 0 Å². The first-order valence-corrected chi connectivity index (χ1v) is 3.55. The first-order valence-electron chi connectivity index (χ1n) is 3.55. The van der Waals surface area contributed by atoms with Crippen molar-refractivity contribution in [3.05, 3.63) is 30.3 Å². The van der Waals surface area contributed by atoms with Crippen LogP contribution in [0.15, 0.2) is 30.3 Å². The van der Waals surface area contributed by atoms with Crippen LogP contribution in [0.4, 0.5) is 23.3 Å². The number of anilines is 1. The van der Waals surface area contributed by atoms with E-state index in [0.29, 0.717) is 0 Å². The van der Waals surface area contributed by atoms with E-state index in [1.807, 2.05) is 0 Å². The Hall–Kier alpha value is -1.59. The highest BCUT2D eigenvalue weighted by Gasteiger charge is 2.43. The highest BCUT2D eigenvalue weighted by molar-refractivity contribution is 5.95. The number of para-hydroxylation sites is 1. The molecular weight excluding hydrogens is 202 g/mol. The zero-order chi connectivity index (χ0) is 10.8. The first-order chi connectivity index (χ1) is 6.43. The maximum atomic E-state index is 12.8. The van der Waals surface area contributed by atoms with Crippen LogP contribution in [0.5, 0.6) is 0 Å². The summed E-state index contributed by atoms with van der Waals surface area (Å²) in [5, 5.41) is -0.931. The summed E-state index contributed by atoms with van der Waals surface area (Å²) < 4.78 is 48.1. The van der Waals surface area contributed by atoms with Gasteiger partial charge in [-0.3, -0.25) is 4.79 Å². The lowest BCUT2D eigenvalue weighted by Gasteiger charge is -2.13. The molecule has 1 rings (SSSR count). The number of halogens is 4. The normalized spacial score (nSPS) is 11.1. The lowest BCUT2D eigenvalue weighted by Crippen LogP contribution is -2.35. The van der Waals surface area contributed by atoms with Gasteiger partial charge in [-0.1, -0.05) is 22.7 Å². The molecule has 0 aliphatic rings. The molecule has 0 saturated heterocycles. The summed E-state index contributed by atoms with van der Waals surface area (Å²) in [5.74, 6) is -2.54. The second kappa shape index (κ2) is 3.65. The van der Waals surface area contributed by atoms with Gasteiger partial charge in [0.1, 0.15) is 0 Å². The third-order valence-electron chi connectivity index (χ3n) is 1.40. The van der Waals surface area contributed by atoms with Crippen LogP contribution in [0.2, 0.25) is 0 Å². The molecule has 1 aromatic rings. The Morgan fingerprint density at radius 2 is 1.64 bits per heavy atom. The number of carbonyl (C=O) groups excluding carboxylic acids is 1. The standard InChI is InChI=1S/C8H5F4NO/c9-8(10,11)7(14)13(12)6-4-2-1-3-5-6/h1-5H. The largest absolute Gasteiger partial charge is 0.474 e.